The third-order valence-corrected chi connectivity index (χ3v) is 3.94. The van der Waals surface area contributed by atoms with Gasteiger partial charge >= 0.3 is 0 Å². The van der Waals surface area contributed by atoms with Crippen molar-refractivity contribution in [1.82, 2.24) is 0 Å². The summed E-state index contributed by atoms with van der Waals surface area (Å²) < 4.78 is 5.45. The Morgan fingerprint density at radius 1 is 1.40 bits per heavy atom. The Morgan fingerprint density at radius 3 is 2.87 bits per heavy atom. The molecule has 1 unspecified atom stereocenters. The van der Waals surface area contributed by atoms with Gasteiger partial charge in [-0.05, 0) is 48.3 Å². The van der Waals surface area contributed by atoms with E-state index in [1.54, 1.807) is 7.11 Å². The Hall–Kier alpha value is -0.980. The first-order chi connectivity index (χ1) is 7.21. The van der Waals surface area contributed by atoms with E-state index in [0.717, 1.165) is 5.75 Å². The molecule has 0 aromatic heterocycles. The highest BCUT2D eigenvalue weighted by Gasteiger charge is 2.31. The van der Waals surface area contributed by atoms with Crippen molar-refractivity contribution < 1.29 is 4.74 Å². The van der Waals surface area contributed by atoms with Crippen LogP contribution in [-0.2, 0) is 11.8 Å². The third kappa shape index (κ3) is 1.64. The molecule has 0 saturated carbocycles. The highest BCUT2D eigenvalue weighted by Crippen LogP contribution is 2.42. The van der Waals surface area contributed by atoms with Crippen molar-refractivity contribution in [1.29, 1.82) is 0 Å². The minimum absolute atomic E-state index is 0.363. The lowest BCUT2D eigenvalue weighted by molar-refractivity contribution is 0.362. The summed E-state index contributed by atoms with van der Waals surface area (Å²) in [4.78, 5) is 0. The van der Waals surface area contributed by atoms with Crippen LogP contribution < -0.4 is 4.74 Å². The summed E-state index contributed by atoms with van der Waals surface area (Å²) >= 11 is 0. The summed E-state index contributed by atoms with van der Waals surface area (Å²) in [5.74, 6) is 1.08. The first kappa shape index (κ1) is 10.5. The van der Waals surface area contributed by atoms with Gasteiger partial charge in [0.25, 0.3) is 0 Å². The van der Waals surface area contributed by atoms with Crippen molar-refractivity contribution in [3.63, 3.8) is 0 Å². The Kier molecular flexibility index (Phi) is 2.72. The number of hydrogen-bond acceptors (Lipinski definition) is 1. The topological polar surface area (TPSA) is 9.23 Å². The van der Waals surface area contributed by atoms with Gasteiger partial charge in [0.1, 0.15) is 5.75 Å². The lowest BCUT2D eigenvalue weighted by atomic mass is 9.69. The van der Waals surface area contributed by atoms with Crippen LogP contribution >= 0.6 is 0 Å². The summed E-state index contributed by atoms with van der Waals surface area (Å²) in [7, 11) is 1.77. The summed E-state index contributed by atoms with van der Waals surface area (Å²) in [5.41, 5.74) is 3.31. The van der Waals surface area contributed by atoms with Crippen LogP contribution in [0, 0.1) is 0 Å². The fourth-order valence-electron chi connectivity index (χ4n) is 2.74. The molecule has 1 atom stereocenters. The molecule has 82 valence electrons. The molecular weight excluding hydrogens is 184 g/mol. The predicted octanol–water partition coefficient (Wildman–Crippen LogP) is 3.70. The standard InChI is InChI=1S/C14H20O/c1-4-14(2)10-6-7-11-12(14)8-5-9-13(11)15-3/h5,8-9H,4,6-7,10H2,1-3H3. The minimum Gasteiger partial charge on any atom is -0.496 e. The van der Waals surface area contributed by atoms with Gasteiger partial charge in [0.2, 0.25) is 0 Å². The Balaban J connectivity index is 2.53. The second-order valence-electron chi connectivity index (χ2n) is 4.75. The smallest absolute Gasteiger partial charge is 0.122 e. The largest absolute Gasteiger partial charge is 0.496 e. The van der Waals surface area contributed by atoms with Crippen molar-refractivity contribution in [2.24, 2.45) is 0 Å². The van der Waals surface area contributed by atoms with Gasteiger partial charge in [-0.15, -0.1) is 0 Å². The van der Waals surface area contributed by atoms with Crippen molar-refractivity contribution in [3.05, 3.63) is 29.3 Å². The molecule has 15 heavy (non-hydrogen) atoms. The van der Waals surface area contributed by atoms with Crippen LogP contribution in [-0.4, -0.2) is 7.11 Å². The number of methoxy groups -OCH3 is 1. The van der Waals surface area contributed by atoms with E-state index in [9.17, 15) is 0 Å². The van der Waals surface area contributed by atoms with Crippen LogP contribution in [0.5, 0.6) is 5.75 Å². The van der Waals surface area contributed by atoms with Crippen molar-refractivity contribution in [3.8, 4) is 5.75 Å². The summed E-state index contributed by atoms with van der Waals surface area (Å²) in [6, 6.07) is 6.48. The molecule has 1 nitrogen and oxygen atoms in total. The molecule has 0 fully saturated rings. The lowest BCUT2D eigenvalue weighted by Gasteiger charge is -2.35. The van der Waals surface area contributed by atoms with Crippen LogP contribution in [0.1, 0.15) is 44.2 Å². The van der Waals surface area contributed by atoms with Crippen LogP contribution in [0.3, 0.4) is 0 Å². The highest BCUT2D eigenvalue weighted by atomic mass is 16.5. The van der Waals surface area contributed by atoms with E-state index in [0.29, 0.717) is 5.41 Å². The molecule has 1 aliphatic carbocycles. The van der Waals surface area contributed by atoms with Crippen molar-refractivity contribution in [2.45, 2.75) is 44.9 Å². The predicted molar refractivity (Wildman–Crippen MR) is 63.6 cm³/mol. The zero-order chi connectivity index (χ0) is 10.9. The van der Waals surface area contributed by atoms with Crippen LogP contribution in [0.25, 0.3) is 0 Å². The van der Waals surface area contributed by atoms with Gasteiger partial charge in [0.15, 0.2) is 0 Å². The molecule has 1 aromatic rings. The molecule has 0 saturated heterocycles. The molecule has 1 aliphatic rings. The van der Waals surface area contributed by atoms with E-state index in [4.69, 9.17) is 4.74 Å². The van der Waals surface area contributed by atoms with E-state index in [1.165, 1.54) is 36.8 Å². The average Bonchev–Trinajstić information content (AvgIpc) is 2.29. The van der Waals surface area contributed by atoms with Crippen molar-refractivity contribution in [2.75, 3.05) is 7.11 Å². The number of hydrogen-bond donors (Lipinski definition) is 0. The van der Waals surface area contributed by atoms with Gasteiger partial charge in [-0.2, -0.15) is 0 Å². The molecular formula is C14H20O. The molecule has 0 heterocycles. The van der Waals surface area contributed by atoms with E-state index >= 15 is 0 Å². The molecule has 0 aliphatic heterocycles. The fourth-order valence-corrected chi connectivity index (χ4v) is 2.74. The maximum Gasteiger partial charge on any atom is 0.122 e. The van der Waals surface area contributed by atoms with Gasteiger partial charge in [0, 0.05) is 0 Å². The molecule has 2 rings (SSSR count). The highest BCUT2D eigenvalue weighted by molar-refractivity contribution is 5.45. The van der Waals surface area contributed by atoms with Crippen LogP contribution in [0.15, 0.2) is 18.2 Å². The number of fused-ring (bicyclic) bond motifs is 1. The van der Waals surface area contributed by atoms with E-state index in [2.05, 4.69) is 32.0 Å². The summed E-state index contributed by atoms with van der Waals surface area (Å²) in [6.45, 7) is 4.67. The maximum atomic E-state index is 5.45. The zero-order valence-corrected chi connectivity index (χ0v) is 9.97. The van der Waals surface area contributed by atoms with Gasteiger partial charge in [-0.25, -0.2) is 0 Å². The van der Waals surface area contributed by atoms with E-state index < -0.39 is 0 Å². The first-order valence-electron chi connectivity index (χ1n) is 5.87. The minimum atomic E-state index is 0.363. The monoisotopic (exact) mass is 204 g/mol. The molecule has 1 aromatic carbocycles. The van der Waals surface area contributed by atoms with Gasteiger partial charge < -0.3 is 4.74 Å². The third-order valence-electron chi connectivity index (χ3n) is 3.94. The van der Waals surface area contributed by atoms with Gasteiger partial charge in [0.05, 0.1) is 7.11 Å². The Labute approximate surface area is 92.5 Å². The molecule has 0 bridgehead atoms. The zero-order valence-electron chi connectivity index (χ0n) is 9.97. The van der Waals surface area contributed by atoms with Crippen molar-refractivity contribution >= 4 is 0 Å². The summed E-state index contributed by atoms with van der Waals surface area (Å²) in [5, 5.41) is 0. The number of rotatable bonds is 2. The Morgan fingerprint density at radius 2 is 2.20 bits per heavy atom. The second-order valence-corrected chi connectivity index (χ2v) is 4.75. The normalized spacial score (nSPS) is 24.7. The fraction of sp³-hybridized carbons (Fsp3) is 0.571. The second kappa shape index (κ2) is 3.88. The maximum absolute atomic E-state index is 5.45. The molecule has 1 heteroatoms. The lowest BCUT2D eigenvalue weighted by Crippen LogP contribution is -2.26. The Bertz CT molecular complexity index is 356. The number of ether oxygens (including phenoxy) is 1. The molecule has 0 N–H and O–H groups in total. The van der Waals surface area contributed by atoms with E-state index in [-0.39, 0.29) is 0 Å². The van der Waals surface area contributed by atoms with Gasteiger partial charge in [-0.3, -0.25) is 0 Å². The molecule has 0 amide bonds. The van der Waals surface area contributed by atoms with Gasteiger partial charge in [-0.1, -0.05) is 26.0 Å². The average molecular weight is 204 g/mol. The first-order valence-corrected chi connectivity index (χ1v) is 5.87. The van der Waals surface area contributed by atoms with E-state index in [1.807, 2.05) is 0 Å². The quantitative estimate of drug-likeness (QED) is 0.713. The van der Waals surface area contributed by atoms with Crippen LogP contribution in [0.4, 0.5) is 0 Å². The van der Waals surface area contributed by atoms with Crippen LogP contribution in [0.2, 0.25) is 0 Å². The summed E-state index contributed by atoms with van der Waals surface area (Å²) in [6.07, 6.45) is 4.99. The SMILES string of the molecule is CCC1(C)CCCc2c(OC)cccc21. The molecule has 0 spiro atoms. The molecule has 0 radical (unpaired) electrons. The number of benzene rings is 1.